The third-order valence-corrected chi connectivity index (χ3v) is 6.88. The Labute approximate surface area is 193 Å². The van der Waals surface area contributed by atoms with Gasteiger partial charge >= 0.3 is 6.18 Å². The van der Waals surface area contributed by atoms with Gasteiger partial charge in [-0.2, -0.15) is 18.3 Å². The first-order valence-corrected chi connectivity index (χ1v) is 11.5. The van der Waals surface area contributed by atoms with Crippen LogP contribution in [0.2, 0.25) is 5.02 Å². The van der Waals surface area contributed by atoms with Gasteiger partial charge in [0.15, 0.2) is 15.5 Å². The van der Waals surface area contributed by atoms with Crippen LogP contribution < -0.4 is 9.64 Å². The van der Waals surface area contributed by atoms with Crippen LogP contribution in [0.15, 0.2) is 53.6 Å². The highest BCUT2D eigenvalue weighted by atomic mass is 35.5. The number of methoxy groups -OCH3 is 1. The van der Waals surface area contributed by atoms with E-state index in [9.17, 15) is 26.4 Å². The SMILES string of the molecule is CCS(=O)(=O)c1ccc(OC)c(N(C)C(=O)c2cnn(-c3ccc(Cl)cc3)c2C(F)(F)F)c1. The number of sulfone groups is 1. The molecule has 0 fully saturated rings. The number of amides is 1. The fourth-order valence-electron chi connectivity index (χ4n) is 3.14. The van der Waals surface area contributed by atoms with E-state index in [1.54, 1.807) is 0 Å². The van der Waals surface area contributed by atoms with Crippen LogP contribution in [-0.4, -0.2) is 44.0 Å². The molecule has 0 aliphatic heterocycles. The van der Waals surface area contributed by atoms with E-state index in [1.165, 1.54) is 63.5 Å². The number of nitrogens with zero attached hydrogens (tertiary/aromatic N) is 3. The number of aromatic nitrogens is 2. The molecule has 0 saturated heterocycles. The standard InChI is InChI=1S/C21H19ClF3N3O4S/c1-4-33(30,31)15-9-10-18(32-3)17(11-15)27(2)20(29)16-12-26-28(19(16)21(23,24)25)14-7-5-13(22)6-8-14/h5-12H,4H2,1-3H3. The minimum Gasteiger partial charge on any atom is -0.495 e. The molecule has 1 aromatic heterocycles. The van der Waals surface area contributed by atoms with Crippen molar-refractivity contribution in [1.29, 1.82) is 0 Å². The molecule has 0 bridgehead atoms. The molecule has 3 rings (SSSR count). The first-order valence-electron chi connectivity index (χ1n) is 9.50. The number of benzene rings is 2. The van der Waals surface area contributed by atoms with Crippen molar-refractivity contribution in [2.75, 3.05) is 24.8 Å². The normalized spacial score (nSPS) is 12.0. The van der Waals surface area contributed by atoms with Gasteiger partial charge in [0.2, 0.25) is 0 Å². The first kappa shape index (κ1) is 24.6. The highest BCUT2D eigenvalue weighted by Crippen LogP contribution is 2.36. The lowest BCUT2D eigenvalue weighted by atomic mass is 10.2. The lowest BCUT2D eigenvalue weighted by Crippen LogP contribution is -2.29. The number of rotatable bonds is 6. The summed E-state index contributed by atoms with van der Waals surface area (Å²) < 4.78 is 72.3. The molecule has 3 aromatic rings. The number of carbonyl (C=O) groups excluding carboxylic acids is 1. The van der Waals surface area contributed by atoms with Gasteiger partial charge in [-0.05, 0) is 42.5 Å². The Morgan fingerprint density at radius 1 is 1.18 bits per heavy atom. The van der Waals surface area contributed by atoms with Gasteiger partial charge in [-0.3, -0.25) is 4.79 Å². The molecule has 0 N–H and O–H groups in total. The van der Waals surface area contributed by atoms with Crippen molar-refractivity contribution in [2.24, 2.45) is 0 Å². The van der Waals surface area contributed by atoms with Gasteiger partial charge in [-0.25, -0.2) is 13.1 Å². The van der Waals surface area contributed by atoms with Crippen LogP contribution in [-0.2, 0) is 16.0 Å². The zero-order valence-electron chi connectivity index (χ0n) is 17.7. The maximum Gasteiger partial charge on any atom is 0.434 e. The summed E-state index contributed by atoms with van der Waals surface area (Å²) in [4.78, 5) is 14.0. The molecule has 0 unspecified atom stereocenters. The molecule has 0 aliphatic carbocycles. The number of hydrogen-bond acceptors (Lipinski definition) is 5. The molecule has 0 atom stereocenters. The van der Waals surface area contributed by atoms with Gasteiger partial charge < -0.3 is 9.64 Å². The second kappa shape index (κ2) is 9.06. The van der Waals surface area contributed by atoms with E-state index in [2.05, 4.69) is 5.10 Å². The molecular formula is C21H19ClF3N3O4S. The number of anilines is 1. The van der Waals surface area contributed by atoms with E-state index >= 15 is 0 Å². The molecule has 0 radical (unpaired) electrons. The van der Waals surface area contributed by atoms with Crippen LogP contribution in [0.3, 0.4) is 0 Å². The molecule has 1 amide bonds. The van der Waals surface area contributed by atoms with Gasteiger partial charge in [0, 0.05) is 12.1 Å². The Morgan fingerprint density at radius 3 is 2.36 bits per heavy atom. The summed E-state index contributed by atoms with van der Waals surface area (Å²) in [6.07, 6.45) is -4.10. The summed E-state index contributed by atoms with van der Waals surface area (Å²) in [7, 11) is -1.12. The zero-order valence-corrected chi connectivity index (χ0v) is 19.3. The molecule has 12 heteroatoms. The summed E-state index contributed by atoms with van der Waals surface area (Å²) >= 11 is 5.81. The van der Waals surface area contributed by atoms with Gasteiger partial charge in [-0.1, -0.05) is 18.5 Å². The van der Waals surface area contributed by atoms with Gasteiger partial charge in [0.25, 0.3) is 5.91 Å². The smallest absolute Gasteiger partial charge is 0.434 e. The number of halogens is 4. The van der Waals surface area contributed by atoms with E-state index in [0.717, 1.165) is 11.1 Å². The fraction of sp³-hybridized carbons (Fsp3) is 0.238. The fourth-order valence-corrected chi connectivity index (χ4v) is 4.16. The molecule has 0 aliphatic rings. The van der Waals surface area contributed by atoms with E-state index in [4.69, 9.17) is 16.3 Å². The predicted molar refractivity (Wildman–Crippen MR) is 117 cm³/mol. The van der Waals surface area contributed by atoms with E-state index in [-0.39, 0.29) is 27.8 Å². The van der Waals surface area contributed by atoms with Crippen molar-refractivity contribution in [3.63, 3.8) is 0 Å². The van der Waals surface area contributed by atoms with Gasteiger partial charge in [-0.15, -0.1) is 0 Å². The third kappa shape index (κ3) is 4.83. The molecule has 176 valence electrons. The summed E-state index contributed by atoms with van der Waals surface area (Å²) in [5.74, 6) is -1.13. The first-order chi connectivity index (χ1) is 15.4. The predicted octanol–water partition coefficient (Wildman–Crippen LogP) is 4.62. The lowest BCUT2D eigenvalue weighted by molar-refractivity contribution is -0.143. The van der Waals surface area contributed by atoms with Crippen molar-refractivity contribution in [1.82, 2.24) is 9.78 Å². The second-order valence-electron chi connectivity index (χ2n) is 6.89. The molecule has 33 heavy (non-hydrogen) atoms. The number of carbonyl (C=O) groups is 1. The Kier molecular flexibility index (Phi) is 6.75. The topological polar surface area (TPSA) is 81.5 Å². The molecule has 7 nitrogen and oxygen atoms in total. The minimum absolute atomic E-state index is 0.00982. The maximum absolute atomic E-state index is 14.0. The highest BCUT2D eigenvalue weighted by molar-refractivity contribution is 7.91. The number of hydrogen-bond donors (Lipinski definition) is 0. The Balaban J connectivity index is 2.13. The minimum atomic E-state index is -4.92. The Hall–Kier alpha value is -3.05. The van der Waals surface area contributed by atoms with Crippen LogP contribution in [0, 0.1) is 0 Å². The number of ether oxygens (including phenoxy) is 1. The van der Waals surface area contributed by atoms with Crippen LogP contribution in [0.4, 0.5) is 18.9 Å². The summed E-state index contributed by atoms with van der Waals surface area (Å²) in [6, 6.07) is 9.30. The van der Waals surface area contributed by atoms with Crippen LogP contribution in [0.25, 0.3) is 5.69 Å². The van der Waals surface area contributed by atoms with Gasteiger partial charge in [0.05, 0.1) is 40.9 Å². The van der Waals surface area contributed by atoms with Crippen LogP contribution in [0.5, 0.6) is 5.75 Å². The van der Waals surface area contributed by atoms with Crippen molar-refractivity contribution in [2.45, 2.75) is 18.0 Å². The Bertz CT molecular complexity index is 1290. The molecule has 0 spiro atoms. The molecular weight excluding hydrogens is 483 g/mol. The highest BCUT2D eigenvalue weighted by Gasteiger charge is 2.41. The van der Waals surface area contributed by atoms with E-state index in [1.807, 2.05) is 0 Å². The second-order valence-corrected chi connectivity index (χ2v) is 9.61. The summed E-state index contributed by atoms with van der Waals surface area (Å²) in [5, 5.41) is 4.09. The van der Waals surface area contributed by atoms with Crippen molar-refractivity contribution in [3.05, 3.63) is 64.9 Å². The lowest BCUT2D eigenvalue weighted by Gasteiger charge is -2.21. The average molecular weight is 502 g/mol. The average Bonchev–Trinajstić information content (AvgIpc) is 3.24. The molecule has 0 saturated carbocycles. The summed E-state index contributed by atoms with van der Waals surface area (Å²) in [5.41, 5.74) is -1.95. The van der Waals surface area contributed by atoms with Crippen LogP contribution in [0.1, 0.15) is 23.0 Å². The van der Waals surface area contributed by atoms with E-state index < -0.39 is 33.2 Å². The Morgan fingerprint density at radius 2 is 1.82 bits per heavy atom. The molecule has 1 heterocycles. The van der Waals surface area contributed by atoms with Crippen molar-refractivity contribution >= 4 is 33.0 Å². The van der Waals surface area contributed by atoms with E-state index in [0.29, 0.717) is 9.70 Å². The van der Waals surface area contributed by atoms with Crippen LogP contribution >= 0.6 is 11.6 Å². The monoisotopic (exact) mass is 501 g/mol. The zero-order chi connectivity index (χ0) is 24.6. The largest absolute Gasteiger partial charge is 0.495 e. The summed E-state index contributed by atoms with van der Waals surface area (Å²) in [6.45, 7) is 1.45. The third-order valence-electron chi connectivity index (χ3n) is 4.89. The maximum atomic E-state index is 14.0. The van der Waals surface area contributed by atoms with Crippen molar-refractivity contribution < 1.29 is 31.1 Å². The molecule has 2 aromatic carbocycles. The number of alkyl halides is 3. The van der Waals surface area contributed by atoms with Crippen molar-refractivity contribution in [3.8, 4) is 11.4 Å². The van der Waals surface area contributed by atoms with Gasteiger partial charge in [0.1, 0.15) is 5.75 Å². The quantitative estimate of drug-likeness (QED) is 0.492.